The molecule has 0 amide bonds. The lowest BCUT2D eigenvalue weighted by atomic mass is 9.48. The molecule has 0 heterocycles. The minimum atomic E-state index is -6.70. The zero-order valence-corrected chi connectivity index (χ0v) is 24.1. The fourth-order valence-corrected chi connectivity index (χ4v) is 7.99. The summed E-state index contributed by atoms with van der Waals surface area (Å²) in [5.41, 5.74) is -2.57. The predicted octanol–water partition coefficient (Wildman–Crippen LogP) is 8.74. The highest BCUT2D eigenvalue weighted by Crippen LogP contribution is 2.65. The lowest BCUT2D eigenvalue weighted by molar-refractivity contribution is -0.347. The van der Waals surface area contributed by atoms with Crippen molar-refractivity contribution < 1.29 is 71.7 Å². The number of alkyl halides is 7. The van der Waals surface area contributed by atoms with Gasteiger partial charge in [0.25, 0.3) is 0 Å². The van der Waals surface area contributed by atoms with Crippen LogP contribution in [0.3, 0.4) is 0 Å². The summed E-state index contributed by atoms with van der Waals surface area (Å²) in [6.45, 7) is 3.66. The van der Waals surface area contributed by atoms with E-state index in [4.69, 9.17) is 4.74 Å². The van der Waals surface area contributed by atoms with Crippen LogP contribution in [0.2, 0.25) is 0 Å². The van der Waals surface area contributed by atoms with Crippen LogP contribution in [0.4, 0.5) is 52.7 Å². The van der Waals surface area contributed by atoms with Crippen LogP contribution in [0.15, 0.2) is 23.5 Å². The summed E-state index contributed by atoms with van der Waals surface area (Å²) in [5, 5.41) is 0. The highest BCUT2D eigenvalue weighted by Gasteiger charge is 2.77. The monoisotopic (exact) mass is 678 g/mol. The molecular formula is C30H26F12O4. The number of esters is 2. The van der Waals surface area contributed by atoms with Gasteiger partial charge < -0.3 is 9.47 Å². The Balaban J connectivity index is 1.33. The number of benzene rings is 1. The molecule has 16 heteroatoms. The van der Waals surface area contributed by atoms with Crippen molar-refractivity contribution in [3.8, 4) is 0 Å². The Morgan fingerprint density at radius 3 is 1.98 bits per heavy atom. The summed E-state index contributed by atoms with van der Waals surface area (Å²) < 4.78 is 171. The van der Waals surface area contributed by atoms with Crippen molar-refractivity contribution >= 4 is 11.9 Å². The molecule has 4 aliphatic rings. The van der Waals surface area contributed by atoms with Crippen LogP contribution in [0, 0.1) is 57.7 Å². The van der Waals surface area contributed by atoms with Gasteiger partial charge in [-0.15, -0.1) is 0 Å². The highest BCUT2D eigenvalue weighted by molar-refractivity contribution is 5.90. The second kappa shape index (κ2) is 10.9. The minimum Gasteiger partial charge on any atom is -0.458 e. The van der Waals surface area contributed by atoms with Crippen molar-refractivity contribution in [2.75, 3.05) is 0 Å². The number of hydrogen-bond donors (Lipinski definition) is 0. The van der Waals surface area contributed by atoms with Gasteiger partial charge in [0, 0.05) is 11.8 Å². The van der Waals surface area contributed by atoms with Crippen LogP contribution < -0.4 is 0 Å². The van der Waals surface area contributed by atoms with Crippen LogP contribution in [-0.4, -0.2) is 36.1 Å². The van der Waals surface area contributed by atoms with Gasteiger partial charge in [0.15, 0.2) is 23.3 Å². The standard InChI is InChI=1S/C30H26F12O4/c1-26-9-7-13(45-25(44)28(36,37)29(38,39)30(40,41)42)11-12(26)3-4-14-15-5-6-17(27(15,2)10-8-16(14)26)46-24(43)18-19(31)21(33)23(35)22(34)20(18)32/h3,11,14-17H,4-10H2,1-2H3/t14-,15-,16-,17?,26-,27-/m0/s1. The molecule has 2 fully saturated rings. The van der Waals surface area contributed by atoms with E-state index in [1.807, 2.05) is 6.92 Å². The number of allylic oxidation sites excluding steroid dienone is 4. The van der Waals surface area contributed by atoms with Crippen LogP contribution in [0.25, 0.3) is 0 Å². The highest BCUT2D eigenvalue weighted by atomic mass is 19.4. The molecule has 0 aliphatic heterocycles. The maximum Gasteiger partial charge on any atom is 0.460 e. The van der Waals surface area contributed by atoms with Gasteiger partial charge in [-0.3, -0.25) is 0 Å². The van der Waals surface area contributed by atoms with Crippen LogP contribution in [-0.2, 0) is 14.3 Å². The van der Waals surface area contributed by atoms with Gasteiger partial charge in [0.1, 0.15) is 17.4 Å². The lowest BCUT2D eigenvalue weighted by Gasteiger charge is -2.56. The first-order valence-electron chi connectivity index (χ1n) is 14.3. The number of fused-ring (bicyclic) bond motifs is 5. The molecule has 0 bridgehead atoms. The van der Waals surface area contributed by atoms with Gasteiger partial charge in [0.05, 0.1) is 0 Å². The number of carbonyl (C=O) groups excluding carboxylic acids is 2. The summed E-state index contributed by atoms with van der Waals surface area (Å²) in [5.74, 6) is -30.0. The summed E-state index contributed by atoms with van der Waals surface area (Å²) in [6, 6.07) is 0. The summed E-state index contributed by atoms with van der Waals surface area (Å²) in [4.78, 5) is 24.5. The third kappa shape index (κ3) is 4.90. The van der Waals surface area contributed by atoms with Crippen LogP contribution in [0.1, 0.15) is 69.2 Å². The summed E-state index contributed by atoms with van der Waals surface area (Å²) in [7, 11) is 0. The molecule has 1 unspecified atom stereocenters. The van der Waals surface area contributed by atoms with Gasteiger partial charge in [-0.1, -0.05) is 19.9 Å². The Bertz CT molecular complexity index is 1500. The Morgan fingerprint density at radius 1 is 0.804 bits per heavy atom. The Morgan fingerprint density at radius 2 is 1.39 bits per heavy atom. The number of halogens is 12. The van der Waals surface area contributed by atoms with Crippen molar-refractivity contribution in [1.82, 2.24) is 0 Å². The third-order valence-electron chi connectivity index (χ3n) is 10.5. The molecule has 0 aromatic heterocycles. The summed E-state index contributed by atoms with van der Waals surface area (Å²) >= 11 is 0. The predicted molar refractivity (Wildman–Crippen MR) is 133 cm³/mol. The Labute approximate surface area is 253 Å². The zero-order valence-electron chi connectivity index (χ0n) is 24.1. The average molecular weight is 679 g/mol. The van der Waals surface area contributed by atoms with E-state index < -0.39 is 87.3 Å². The number of hydrogen-bond acceptors (Lipinski definition) is 4. The van der Waals surface area contributed by atoms with Crippen molar-refractivity contribution in [2.24, 2.45) is 28.6 Å². The normalized spacial score (nSPS) is 31.3. The SMILES string of the molecule is C[C@]12CCC(OC(=O)C(F)(F)C(F)(F)C(F)(F)F)=CC1=CC[C@@H]1[C@@H]2CC[C@]2(C)C(OC(=O)c3c(F)c(F)c(F)c(F)c3F)CC[C@@H]12. The molecule has 0 radical (unpaired) electrons. The molecule has 1 aromatic rings. The maximum absolute atomic E-state index is 14.3. The molecule has 1 aromatic carbocycles. The first kappa shape index (κ1) is 34.1. The van der Waals surface area contributed by atoms with Gasteiger partial charge >= 0.3 is 30.0 Å². The second-order valence-corrected chi connectivity index (χ2v) is 12.8. The molecule has 5 rings (SSSR count). The molecule has 2 saturated carbocycles. The lowest BCUT2D eigenvalue weighted by Crippen LogP contribution is -2.56. The molecule has 4 nitrogen and oxygen atoms in total. The van der Waals surface area contributed by atoms with E-state index in [9.17, 15) is 62.3 Å². The molecule has 254 valence electrons. The van der Waals surface area contributed by atoms with Crippen LogP contribution in [0.5, 0.6) is 0 Å². The Hall–Kier alpha value is -3.20. The van der Waals surface area contributed by atoms with E-state index in [0.29, 0.717) is 31.3 Å². The van der Waals surface area contributed by atoms with E-state index >= 15 is 0 Å². The Kier molecular flexibility index (Phi) is 8.11. The first-order valence-corrected chi connectivity index (χ1v) is 14.3. The second-order valence-electron chi connectivity index (χ2n) is 12.8. The van der Waals surface area contributed by atoms with E-state index in [1.54, 1.807) is 13.0 Å². The van der Waals surface area contributed by atoms with Gasteiger partial charge in [-0.25, -0.2) is 31.5 Å². The minimum absolute atomic E-state index is 0.0716. The number of rotatable bonds is 5. The third-order valence-corrected chi connectivity index (χ3v) is 10.5. The largest absolute Gasteiger partial charge is 0.460 e. The molecule has 0 saturated heterocycles. The molecule has 46 heavy (non-hydrogen) atoms. The van der Waals surface area contributed by atoms with Crippen LogP contribution >= 0.6 is 0 Å². The van der Waals surface area contributed by atoms with E-state index in [2.05, 4.69) is 4.74 Å². The smallest absolute Gasteiger partial charge is 0.458 e. The van der Waals surface area contributed by atoms with Crippen molar-refractivity contribution in [1.29, 1.82) is 0 Å². The molecule has 0 N–H and O–H groups in total. The number of ether oxygens (including phenoxy) is 2. The van der Waals surface area contributed by atoms with E-state index in [1.165, 1.54) is 6.08 Å². The zero-order chi connectivity index (χ0) is 34.4. The molecule has 6 atom stereocenters. The van der Waals surface area contributed by atoms with Gasteiger partial charge in [-0.05, 0) is 73.3 Å². The van der Waals surface area contributed by atoms with E-state index in [-0.39, 0.29) is 37.0 Å². The molecule has 0 spiro atoms. The number of carbonyl (C=O) groups is 2. The first-order chi connectivity index (χ1) is 21.1. The van der Waals surface area contributed by atoms with Crippen molar-refractivity contribution in [3.05, 3.63) is 58.1 Å². The fourth-order valence-electron chi connectivity index (χ4n) is 7.99. The molecular weight excluding hydrogens is 652 g/mol. The maximum atomic E-state index is 14.3. The molecule has 4 aliphatic carbocycles. The van der Waals surface area contributed by atoms with Gasteiger partial charge in [-0.2, -0.15) is 30.7 Å². The van der Waals surface area contributed by atoms with E-state index in [0.717, 1.165) is 0 Å². The summed E-state index contributed by atoms with van der Waals surface area (Å²) in [6.07, 6.45) is -2.80. The van der Waals surface area contributed by atoms with Crippen molar-refractivity contribution in [3.63, 3.8) is 0 Å². The van der Waals surface area contributed by atoms with Gasteiger partial charge in [0.2, 0.25) is 5.82 Å². The topological polar surface area (TPSA) is 52.6 Å². The average Bonchev–Trinajstić information content (AvgIpc) is 3.30. The van der Waals surface area contributed by atoms with Crippen molar-refractivity contribution in [2.45, 2.75) is 82.9 Å². The quantitative estimate of drug-likeness (QED) is 0.135. The fraction of sp³-hybridized carbons (Fsp3) is 0.600.